The molecule has 0 aromatic heterocycles. The van der Waals surface area contributed by atoms with Gasteiger partial charge in [0, 0.05) is 19.5 Å². The normalized spacial score (nSPS) is 17.6. The highest BCUT2D eigenvalue weighted by Crippen LogP contribution is 2.21. The molecule has 1 heterocycles. The maximum absolute atomic E-state index is 12.2. The first-order valence-electron chi connectivity index (χ1n) is 7.69. The number of hydrogen-bond donors (Lipinski definition) is 1. The summed E-state index contributed by atoms with van der Waals surface area (Å²) in [6.07, 6.45) is 2.82. The first-order chi connectivity index (χ1) is 10.1. The van der Waals surface area contributed by atoms with E-state index in [2.05, 4.69) is 0 Å². The Morgan fingerprint density at radius 3 is 2.76 bits per heavy atom. The first-order valence-corrected chi connectivity index (χ1v) is 7.69. The summed E-state index contributed by atoms with van der Waals surface area (Å²) in [5.74, 6) is 1.38. The van der Waals surface area contributed by atoms with Crippen molar-refractivity contribution < 1.29 is 14.6 Å². The Balaban J connectivity index is 1.80. The van der Waals surface area contributed by atoms with Crippen LogP contribution in [0, 0.1) is 5.92 Å². The number of hydrogen-bond acceptors (Lipinski definition) is 3. The van der Waals surface area contributed by atoms with E-state index in [1.807, 2.05) is 36.1 Å². The van der Waals surface area contributed by atoms with Crippen molar-refractivity contribution >= 4 is 5.91 Å². The number of carbonyl (C=O) groups is 1. The van der Waals surface area contributed by atoms with Crippen LogP contribution in [0.1, 0.15) is 31.7 Å². The van der Waals surface area contributed by atoms with Crippen molar-refractivity contribution in [2.75, 3.05) is 20.2 Å². The number of ether oxygens (including phenoxy) is 1. The Bertz CT molecular complexity index is 465. The molecule has 0 saturated carbocycles. The third-order valence-electron chi connectivity index (χ3n) is 4.34. The van der Waals surface area contributed by atoms with Crippen LogP contribution in [-0.4, -0.2) is 42.2 Å². The third kappa shape index (κ3) is 4.46. The second-order valence-electron chi connectivity index (χ2n) is 5.81. The van der Waals surface area contributed by atoms with Crippen LogP contribution in [0.25, 0.3) is 0 Å². The first kappa shape index (κ1) is 15.8. The number of methoxy groups -OCH3 is 1. The summed E-state index contributed by atoms with van der Waals surface area (Å²) in [4.78, 5) is 14.2. The van der Waals surface area contributed by atoms with Gasteiger partial charge in [-0.05, 0) is 49.8 Å². The van der Waals surface area contributed by atoms with Gasteiger partial charge in [0.15, 0.2) is 0 Å². The molecule has 4 heteroatoms. The van der Waals surface area contributed by atoms with Gasteiger partial charge in [-0.25, -0.2) is 0 Å². The third-order valence-corrected chi connectivity index (χ3v) is 4.34. The van der Waals surface area contributed by atoms with Gasteiger partial charge in [0.2, 0.25) is 5.91 Å². The van der Waals surface area contributed by atoms with Crippen molar-refractivity contribution in [3.63, 3.8) is 0 Å². The van der Waals surface area contributed by atoms with Crippen molar-refractivity contribution in [2.24, 2.45) is 5.92 Å². The van der Waals surface area contributed by atoms with E-state index in [0.29, 0.717) is 12.3 Å². The number of rotatable bonds is 5. The minimum atomic E-state index is -0.265. The number of likely N-dealkylation sites (tertiary alicyclic amines) is 1. The molecule has 1 N–H and O–H groups in total. The minimum Gasteiger partial charge on any atom is -0.497 e. The van der Waals surface area contributed by atoms with Gasteiger partial charge in [-0.15, -0.1) is 0 Å². The van der Waals surface area contributed by atoms with Crippen LogP contribution in [0.4, 0.5) is 0 Å². The number of benzene rings is 1. The maximum Gasteiger partial charge on any atom is 0.222 e. The highest BCUT2D eigenvalue weighted by molar-refractivity contribution is 5.76. The second kappa shape index (κ2) is 7.46. The van der Waals surface area contributed by atoms with Gasteiger partial charge in [-0.2, -0.15) is 0 Å². The number of carbonyl (C=O) groups excluding carboxylic acids is 1. The van der Waals surface area contributed by atoms with E-state index in [4.69, 9.17) is 4.74 Å². The Morgan fingerprint density at radius 1 is 1.43 bits per heavy atom. The van der Waals surface area contributed by atoms with E-state index in [9.17, 15) is 9.90 Å². The molecule has 1 fully saturated rings. The molecule has 1 aromatic rings. The Kier molecular flexibility index (Phi) is 5.62. The van der Waals surface area contributed by atoms with Gasteiger partial charge in [0.25, 0.3) is 0 Å². The van der Waals surface area contributed by atoms with E-state index < -0.39 is 0 Å². The van der Waals surface area contributed by atoms with E-state index in [-0.39, 0.29) is 12.0 Å². The lowest BCUT2D eigenvalue weighted by molar-refractivity contribution is -0.133. The monoisotopic (exact) mass is 291 g/mol. The molecule has 0 bridgehead atoms. The fourth-order valence-corrected chi connectivity index (χ4v) is 2.87. The van der Waals surface area contributed by atoms with Crippen molar-refractivity contribution in [3.8, 4) is 5.75 Å². The van der Waals surface area contributed by atoms with Crippen LogP contribution in [0.5, 0.6) is 5.75 Å². The quantitative estimate of drug-likeness (QED) is 0.905. The molecule has 1 unspecified atom stereocenters. The SMILES string of the molecule is COc1cccc(CCC(=O)N2CCC(C(C)O)CC2)c1. The van der Waals surface area contributed by atoms with Crippen molar-refractivity contribution in [1.29, 1.82) is 0 Å². The highest BCUT2D eigenvalue weighted by atomic mass is 16.5. The van der Waals surface area contributed by atoms with E-state index >= 15 is 0 Å². The molecule has 1 atom stereocenters. The predicted molar refractivity (Wildman–Crippen MR) is 82.3 cm³/mol. The van der Waals surface area contributed by atoms with E-state index in [1.165, 1.54) is 0 Å². The Morgan fingerprint density at radius 2 is 2.14 bits per heavy atom. The summed E-state index contributed by atoms with van der Waals surface area (Å²) in [6, 6.07) is 7.86. The van der Waals surface area contributed by atoms with Crippen molar-refractivity contribution in [2.45, 2.75) is 38.7 Å². The van der Waals surface area contributed by atoms with Gasteiger partial charge in [0.1, 0.15) is 5.75 Å². The maximum atomic E-state index is 12.2. The summed E-state index contributed by atoms with van der Waals surface area (Å²) in [5.41, 5.74) is 1.13. The molecule has 4 nitrogen and oxygen atoms in total. The summed E-state index contributed by atoms with van der Waals surface area (Å²) in [6.45, 7) is 3.38. The molecule has 21 heavy (non-hydrogen) atoms. The number of amides is 1. The molecule has 2 rings (SSSR count). The average molecular weight is 291 g/mol. The van der Waals surface area contributed by atoms with Gasteiger partial charge >= 0.3 is 0 Å². The smallest absolute Gasteiger partial charge is 0.222 e. The summed E-state index contributed by atoms with van der Waals surface area (Å²) < 4.78 is 5.19. The van der Waals surface area contributed by atoms with Gasteiger partial charge < -0.3 is 14.7 Å². The standard InChI is InChI=1S/C17H25NO3/c1-13(19)15-8-10-18(11-9-15)17(20)7-6-14-4-3-5-16(12-14)21-2/h3-5,12-13,15,19H,6-11H2,1-2H3. The van der Waals surface area contributed by atoms with Crippen molar-refractivity contribution in [3.05, 3.63) is 29.8 Å². The topological polar surface area (TPSA) is 49.8 Å². The summed E-state index contributed by atoms with van der Waals surface area (Å²) >= 11 is 0. The summed E-state index contributed by atoms with van der Waals surface area (Å²) in [5, 5.41) is 9.59. The van der Waals surface area contributed by atoms with Crippen LogP contribution < -0.4 is 4.74 Å². The molecule has 1 aliphatic rings. The highest BCUT2D eigenvalue weighted by Gasteiger charge is 2.25. The average Bonchev–Trinajstić information content (AvgIpc) is 2.53. The second-order valence-corrected chi connectivity index (χ2v) is 5.81. The zero-order valence-corrected chi connectivity index (χ0v) is 12.9. The number of nitrogens with zero attached hydrogens (tertiary/aromatic N) is 1. The van der Waals surface area contributed by atoms with Gasteiger partial charge in [-0.1, -0.05) is 12.1 Å². The van der Waals surface area contributed by atoms with Crippen LogP contribution in [0.3, 0.4) is 0 Å². The number of aliphatic hydroxyl groups is 1. The molecule has 116 valence electrons. The molecule has 1 aliphatic heterocycles. The lowest BCUT2D eigenvalue weighted by Gasteiger charge is -2.33. The largest absolute Gasteiger partial charge is 0.497 e. The fraction of sp³-hybridized carbons (Fsp3) is 0.588. The Labute approximate surface area is 126 Å². The zero-order valence-electron chi connectivity index (χ0n) is 12.9. The van der Waals surface area contributed by atoms with Crippen molar-refractivity contribution in [1.82, 2.24) is 4.90 Å². The zero-order chi connectivity index (χ0) is 15.2. The predicted octanol–water partition coefficient (Wildman–Crippen LogP) is 2.25. The molecular weight excluding hydrogens is 266 g/mol. The van der Waals surface area contributed by atoms with Gasteiger partial charge in [0.05, 0.1) is 13.2 Å². The fourth-order valence-electron chi connectivity index (χ4n) is 2.87. The van der Waals surface area contributed by atoms with Crippen LogP contribution in [0.15, 0.2) is 24.3 Å². The molecule has 1 saturated heterocycles. The van der Waals surface area contributed by atoms with Gasteiger partial charge in [-0.3, -0.25) is 4.79 Å². The van der Waals surface area contributed by atoms with Crippen LogP contribution in [-0.2, 0) is 11.2 Å². The number of piperidine rings is 1. The van der Waals surface area contributed by atoms with E-state index in [0.717, 1.165) is 43.7 Å². The van der Waals surface area contributed by atoms with E-state index in [1.54, 1.807) is 7.11 Å². The number of aryl methyl sites for hydroxylation is 1. The van der Waals surface area contributed by atoms with Crippen LogP contribution >= 0.6 is 0 Å². The molecular formula is C17H25NO3. The summed E-state index contributed by atoms with van der Waals surface area (Å²) in [7, 11) is 1.65. The molecule has 1 amide bonds. The minimum absolute atomic E-state index is 0.210. The Hall–Kier alpha value is -1.55. The molecule has 0 spiro atoms. The lowest BCUT2D eigenvalue weighted by atomic mass is 9.92. The molecule has 0 aliphatic carbocycles. The molecule has 0 radical (unpaired) electrons. The lowest BCUT2D eigenvalue weighted by Crippen LogP contribution is -2.40. The number of aliphatic hydroxyl groups excluding tert-OH is 1. The van der Waals surface area contributed by atoms with Crippen LogP contribution in [0.2, 0.25) is 0 Å². The molecule has 1 aromatic carbocycles.